The Bertz CT molecular complexity index is 643. The van der Waals surface area contributed by atoms with Gasteiger partial charge >= 0.3 is 0 Å². The van der Waals surface area contributed by atoms with Crippen LogP contribution in [0.4, 0.5) is 0 Å². The fourth-order valence-corrected chi connectivity index (χ4v) is 2.13. The summed E-state index contributed by atoms with van der Waals surface area (Å²) < 4.78 is 2.14. The summed E-state index contributed by atoms with van der Waals surface area (Å²) in [6.45, 7) is 0. The Morgan fingerprint density at radius 1 is 1.24 bits per heavy atom. The van der Waals surface area contributed by atoms with Crippen LogP contribution in [-0.4, -0.2) is 9.78 Å². The lowest BCUT2D eigenvalue weighted by Crippen LogP contribution is -2.22. The van der Waals surface area contributed by atoms with Gasteiger partial charge in [-0.25, -0.2) is 0 Å². The molecule has 1 heterocycles. The molecule has 0 aliphatic carbocycles. The fourth-order valence-electron chi connectivity index (χ4n) is 1.23. The second-order valence-electron chi connectivity index (χ2n) is 3.12. The van der Waals surface area contributed by atoms with E-state index in [0.29, 0.717) is 24.7 Å². The van der Waals surface area contributed by atoms with Crippen LogP contribution in [0.15, 0.2) is 38.1 Å². The van der Waals surface area contributed by atoms with E-state index in [1.54, 1.807) is 18.2 Å². The fraction of sp³-hybridized carbons (Fsp3) is 0. The van der Waals surface area contributed by atoms with Crippen LogP contribution in [0.5, 0.6) is 0 Å². The molecule has 0 spiro atoms. The Balaban J connectivity index is 2.73. The molecule has 0 atom stereocenters. The summed E-state index contributed by atoms with van der Waals surface area (Å²) >= 11 is 18.3. The first kappa shape index (κ1) is 13.1. The summed E-state index contributed by atoms with van der Waals surface area (Å²) in [6.07, 6.45) is 1.50. The lowest BCUT2D eigenvalue weighted by atomic mass is 10.3. The highest BCUT2D eigenvalue weighted by Crippen LogP contribution is 2.24. The van der Waals surface area contributed by atoms with Gasteiger partial charge in [0.05, 0.1) is 21.4 Å². The van der Waals surface area contributed by atoms with Gasteiger partial charge in [-0.05, 0) is 50.1 Å². The molecule has 7 heteroatoms. The molecule has 0 aliphatic heterocycles. The number of aromatic nitrogens is 2. The predicted molar refractivity (Wildman–Crippen MR) is 75.3 cm³/mol. The van der Waals surface area contributed by atoms with Crippen molar-refractivity contribution in [1.82, 2.24) is 9.78 Å². The molecular formula is C10H4Br2Cl2N2O. The molecule has 3 nitrogen and oxygen atoms in total. The quantitative estimate of drug-likeness (QED) is 0.726. The molecule has 0 aliphatic rings. The van der Waals surface area contributed by atoms with Crippen molar-refractivity contribution in [2.75, 3.05) is 0 Å². The van der Waals surface area contributed by atoms with Crippen LogP contribution in [0, 0.1) is 0 Å². The van der Waals surface area contributed by atoms with Gasteiger partial charge in [0.2, 0.25) is 0 Å². The van der Waals surface area contributed by atoms with Crippen LogP contribution >= 0.6 is 55.1 Å². The molecular weight excluding hydrogens is 395 g/mol. The zero-order chi connectivity index (χ0) is 12.6. The summed E-state index contributed by atoms with van der Waals surface area (Å²) in [6, 6.07) is 4.84. The molecule has 0 radical (unpaired) electrons. The van der Waals surface area contributed by atoms with Gasteiger partial charge in [0.25, 0.3) is 5.56 Å². The Morgan fingerprint density at radius 3 is 2.65 bits per heavy atom. The summed E-state index contributed by atoms with van der Waals surface area (Å²) in [5, 5.41) is 4.88. The Hall–Kier alpha value is -0.360. The smallest absolute Gasteiger partial charge is 0.266 e. The van der Waals surface area contributed by atoms with Crippen LogP contribution in [0.25, 0.3) is 5.69 Å². The van der Waals surface area contributed by atoms with Crippen LogP contribution in [0.1, 0.15) is 0 Å². The number of benzene rings is 1. The minimum Gasteiger partial charge on any atom is -0.266 e. The van der Waals surface area contributed by atoms with Gasteiger partial charge in [0.15, 0.2) is 0 Å². The first-order chi connectivity index (χ1) is 8.00. The lowest BCUT2D eigenvalue weighted by molar-refractivity contribution is 0.796. The molecule has 1 aromatic heterocycles. The number of hydrogen-bond acceptors (Lipinski definition) is 2. The summed E-state index contributed by atoms with van der Waals surface area (Å²) in [5.41, 5.74) is 0.126. The highest BCUT2D eigenvalue weighted by Gasteiger charge is 2.11. The Morgan fingerprint density at radius 2 is 1.94 bits per heavy atom. The van der Waals surface area contributed by atoms with E-state index < -0.39 is 0 Å². The minimum absolute atomic E-state index is 0.316. The molecule has 0 unspecified atom stereocenters. The largest absolute Gasteiger partial charge is 0.286 e. The van der Waals surface area contributed by atoms with Crippen molar-refractivity contribution in [2.24, 2.45) is 0 Å². The van der Waals surface area contributed by atoms with Crippen LogP contribution in [-0.2, 0) is 0 Å². The van der Waals surface area contributed by atoms with Gasteiger partial charge in [-0.2, -0.15) is 9.78 Å². The average molecular weight is 399 g/mol. The van der Waals surface area contributed by atoms with E-state index in [1.807, 2.05) is 0 Å². The Kier molecular flexibility index (Phi) is 3.92. The molecule has 1 aromatic carbocycles. The third kappa shape index (κ3) is 2.57. The first-order valence-corrected chi connectivity index (χ1v) is 6.73. The number of hydrogen-bond donors (Lipinski definition) is 0. The van der Waals surface area contributed by atoms with E-state index in [4.69, 9.17) is 23.2 Å². The van der Waals surface area contributed by atoms with Crippen molar-refractivity contribution in [1.29, 1.82) is 0 Å². The zero-order valence-corrected chi connectivity index (χ0v) is 12.8. The van der Waals surface area contributed by atoms with E-state index >= 15 is 0 Å². The molecule has 2 aromatic rings. The average Bonchev–Trinajstić information content (AvgIpc) is 2.30. The second kappa shape index (κ2) is 5.10. The zero-order valence-electron chi connectivity index (χ0n) is 8.12. The monoisotopic (exact) mass is 396 g/mol. The third-order valence-electron chi connectivity index (χ3n) is 2.01. The second-order valence-corrected chi connectivity index (χ2v) is 5.61. The van der Waals surface area contributed by atoms with E-state index in [9.17, 15) is 4.79 Å². The van der Waals surface area contributed by atoms with Gasteiger partial charge in [-0.15, -0.1) is 0 Å². The molecule has 2 rings (SSSR count). The predicted octanol–water partition coefficient (Wildman–Crippen LogP) is 4.06. The standard InChI is InChI=1S/C10H4Br2Cl2N2O/c11-6-4-15-16(10(17)9(6)12)8-3-5(13)1-2-7(8)14/h1-4H. The highest BCUT2D eigenvalue weighted by atomic mass is 79.9. The van der Waals surface area contributed by atoms with Gasteiger partial charge in [-0.3, -0.25) is 4.79 Å². The van der Waals surface area contributed by atoms with E-state index in [0.717, 1.165) is 0 Å². The number of nitrogens with zero attached hydrogens (tertiary/aromatic N) is 2. The van der Waals surface area contributed by atoms with Crippen LogP contribution < -0.4 is 5.56 Å². The van der Waals surface area contributed by atoms with Gasteiger partial charge in [0.1, 0.15) is 4.47 Å². The number of halogens is 4. The molecule has 17 heavy (non-hydrogen) atoms. The molecule has 0 fully saturated rings. The van der Waals surface area contributed by atoms with E-state index in [1.165, 1.54) is 10.9 Å². The van der Waals surface area contributed by atoms with E-state index in [-0.39, 0.29) is 5.56 Å². The van der Waals surface area contributed by atoms with Crippen molar-refractivity contribution >= 4 is 55.1 Å². The maximum Gasteiger partial charge on any atom is 0.286 e. The Labute approximate surface area is 124 Å². The summed E-state index contributed by atoms with van der Waals surface area (Å²) in [4.78, 5) is 12.0. The first-order valence-electron chi connectivity index (χ1n) is 4.39. The normalized spacial score (nSPS) is 10.6. The molecule has 0 saturated heterocycles. The topological polar surface area (TPSA) is 34.9 Å². The summed E-state index contributed by atoms with van der Waals surface area (Å²) in [5.74, 6) is 0. The molecule has 0 bridgehead atoms. The van der Waals surface area contributed by atoms with Gasteiger partial charge in [-0.1, -0.05) is 23.2 Å². The molecule has 0 amide bonds. The van der Waals surface area contributed by atoms with Crippen molar-refractivity contribution in [3.05, 3.63) is 53.7 Å². The van der Waals surface area contributed by atoms with Crippen LogP contribution in [0.2, 0.25) is 10.0 Å². The lowest BCUT2D eigenvalue weighted by Gasteiger charge is -2.07. The van der Waals surface area contributed by atoms with Crippen molar-refractivity contribution in [2.45, 2.75) is 0 Å². The maximum absolute atomic E-state index is 12.0. The van der Waals surface area contributed by atoms with Crippen LogP contribution in [0.3, 0.4) is 0 Å². The highest BCUT2D eigenvalue weighted by molar-refractivity contribution is 9.13. The van der Waals surface area contributed by atoms with Gasteiger partial charge < -0.3 is 0 Å². The SMILES string of the molecule is O=c1c(Br)c(Br)cnn1-c1cc(Cl)ccc1Cl. The molecule has 0 N–H and O–H groups in total. The molecule has 88 valence electrons. The molecule has 0 saturated carbocycles. The van der Waals surface area contributed by atoms with Gasteiger partial charge in [0, 0.05) is 5.02 Å². The number of rotatable bonds is 1. The van der Waals surface area contributed by atoms with E-state index in [2.05, 4.69) is 37.0 Å². The van der Waals surface area contributed by atoms with Crippen molar-refractivity contribution in [3.63, 3.8) is 0 Å². The van der Waals surface area contributed by atoms with Crippen molar-refractivity contribution < 1.29 is 0 Å². The maximum atomic E-state index is 12.0. The van der Waals surface area contributed by atoms with Crippen molar-refractivity contribution in [3.8, 4) is 5.69 Å². The summed E-state index contributed by atoms with van der Waals surface area (Å²) in [7, 11) is 0. The third-order valence-corrected chi connectivity index (χ3v) is 4.47. The minimum atomic E-state index is -0.316.